The molecule has 23 heavy (non-hydrogen) atoms. The second-order valence-electron chi connectivity index (χ2n) is 6.62. The summed E-state index contributed by atoms with van der Waals surface area (Å²) in [6.07, 6.45) is -0.543. The van der Waals surface area contributed by atoms with Crippen molar-refractivity contribution in [3.63, 3.8) is 0 Å². The maximum Gasteiger partial charge on any atom is 0.466 e. The monoisotopic (exact) mass is 330 g/mol. The predicted octanol–water partition coefficient (Wildman–Crippen LogP) is 3.29. The SMILES string of the molecule is CC1(C)OB(C(CC(=O)O)c2cc(F)c(F)cc2F)OC1(C)C. The molecule has 126 valence electrons. The third-order valence-corrected chi connectivity index (χ3v) is 4.43. The van der Waals surface area contributed by atoms with Gasteiger partial charge >= 0.3 is 13.1 Å². The van der Waals surface area contributed by atoms with Crippen LogP contribution in [0.5, 0.6) is 0 Å². The average Bonchev–Trinajstić information content (AvgIpc) is 2.60. The smallest absolute Gasteiger partial charge is 0.466 e. The molecule has 1 N–H and O–H groups in total. The number of carboxylic acids is 1. The van der Waals surface area contributed by atoms with E-state index in [0.29, 0.717) is 12.1 Å². The number of carboxylic acid groups (broad SMARTS) is 1. The molecular formula is C15H18BF3O4. The molecule has 8 heteroatoms. The van der Waals surface area contributed by atoms with E-state index >= 15 is 0 Å². The highest BCUT2D eigenvalue weighted by Crippen LogP contribution is 2.42. The van der Waals surface area contributed by atoms with Gasteiger partial charge in [0.2, 0.25) is 0 Å². The Hall–Kier alpha value is -1.54. The van der Waals surface area contributed by atoms with Gasteiger partial charge in [0.25, 0.3) is 0 Å². The van der Waals surface area contributed by atoms with Crippen molar-refractivity contribution in [3.05, 3.63) is 35.1 Å². The molecule has 0 spiro atoms. The summed E-state index contributed by atoms with van der Waals surface area (Å²) in [6, 6.07) is 1.05. The number of aliphatic carboxylic acids is 1. The number of benzene rings is 1. The van der Waals surface area contributed by atoms with Gasteiger partial charge in [-0.05, 0) is 39.3 Å². The fourth-order valence-corrected chi connectivity index (χ4v) is 2.42. The van der Waals surface area contributed by atoms with Crippen LogP contribution in [0.4, 0.5) is 13.2 Å². The first kappa shape index (κ1) is 17.8. The van der Waals surface area contributed by atoms with E-state index in [1.165, 1.54) is 0 Å². The van der Waals surface area contributed by atoms with Crippen molar-refractivity contribution >= 4 is 13.1 Å². The van der Waals surface area contributed by atoms with Gasteiger partial charge in [0.1, 0.15) is 5.82 Å². The minimum Gasteiger partial charge on any atom is -0.481 e. The number of hydrogen-bond donors (Lipinski definition) is 1. The molecule has 1 aromatic rings. The third-order valence-electron chi connectivity index (χ3n) is 4.43. The molecular weight excluding hydrogens is 312 g/mol. The van der Waals surface area contributed by atoms with E-state index in [9.17, 15) is 18.0 Å². The van der Waals surface area contributed by atoms with Gasteiger partial charge in [-0.25, -0.2) is 13.2 Å². The summed E-state index contributed by atoms with van der Waals surface area (Å²) in [5.41, 5.74) is -1.81. The van der Waals surface area contributed by atoms with Gasteiger partial charge in [0, 0.05) is 11.9 Å². The van der Waals surface area contributed by atoms with Crippen LogP contribution in [0.1, 0.15) is 45.5 Å². The van der Waals surface area contributed by atoms with Gasteiger partial charge in [-0.2, -0.15) is 0 Å². The average molecular weight is 330 g/mol. The summed E-state index contributed by atoms with van der Waals surface area (Å²) < 4.78 is 52.1. The van der Waals surface area contributed by atoms with Crippen LogP contribution >= 0.6 is 0 Å². The molecule has 1 heterocycles. The van der Waals surface area contributed by atoms with E-state index in [1.54, 1.807) is 27.7 Å². The van der Waals surface area contributed by atoms with Crippen LogP contribution in [-0.4, -0.2) is 29.4 Å². The van der Waals surface area contributed by atoms with Crippen molar-refractivity contribution in [2.24, 2.45) is 0 Å². The van der Waals surface area contributed by atoms with Gasteiger partial charge in [-0.15, -0.1) is 0 Å². The standard InChI is InChI=1S/C15H18BF3O4/c1-14(2)15(3,4)23-16(22-14)9(6-13(20)21)8-5-11(18)12(19)7-10(8)17/h5,7,9H,6H2,1-4H3,(H,20,21). The lowest BCUT2D eigenvalue weighted by Gasteiger charge is -2.32. The van der Waals surface area contributed by atoms with Gasteiger partial charge in [-0.3, -0.25) is 4.79 Å². The van der Waals surface area contributed by atoms with E-state index in [1.807, 2.05) is 0 Å². The van der Waals surface area contributed by atoms with Crippen LogP contribution in [0.25, 0.3) is 0 Å². The summed E-state index contributed by atoms with van der Waals surface area (Å²) >= 11 is 0. The minimum atomic E-state index is -1.34. The molecule has 1 saturated heterocycles. The molecule has 1 aromatic carbocycles. The molecule has 0 saturated carbocycles. The predicted molar refractivity (Wildman–Crippen MR) is 77.4 cm³/mol. The van der Waals surface area contributed by atoms with Crippen molar-refractivity contribution < 1.29 is 32.4 Å². The molecule has 2 rings (SSSR count). The Bertz CT molecular complexity index is 617. The number of hydrogen-bond acceptors (Lipinski definition) is 3. The van der Waals surface area contributed by atoms with E-state index < -0.39 is 54.0 Å². The minimum absolute atomic E-state index is 0.287. The summed E-state index contributed by atoms with van der Waals surface area (Å²) in [7, 11) is -1.09. The Morgan fingerprint density at radius 3 is 2.04 bits per heavy atom. The second-order valence-corrected chi connectivity index (χ2v) is 6.62. The molecule has 0 amide bonds. The van der Waals surface area contributed by atoms with Crippen LogP contribution in [0.3, 0.4) is 0 Å². The fraction of sp³-hybridized carbons (Fsp3) is 0.533. The molecule has 0 aromatic heterocycles. The highest BCUT2D eigenvalue weighted by molar-refractivity contribution is 6.48. The van der Waals surface area contributed by atoms with Crippen LogP contribution < -0.4 is 0 Å². The first-order chi connectivity index (χ1) is 10.4. The number of carbonyl (C=O) groups is 1. The molecule has 1 aliphatic heterocycles. The Labute approximate surface area is 132 Å². The molecule has 0 aliphatic carbocycles. The maximum absolute atomic E-state index is 14.1. The van der Waals surface area contributed by atoms with Crippen LogP contribution in [0.15, 0.2) is 12.1 Å². The number of halogens is 3. The summed E-state index contributed by atoms with van der Waals surface area (Å²) in [6.45, 7) is 7.03. The lowest BCUT2D eigenvalue weighted by atomic mass is 9.66. The van der Waals surface area contributed by atoms with Gasteiger partial charge < -0.3 is 14.4 Å². The zero-order chi connectivity index (χ0) is 17.6. The summed E-state index contributed by atoms with van der Waals surface area (Å²) in [4.78, 5) is 11.1. The van der Waals surface area contributed by atoms with Crippen LogP contribution in [-0.2, 0) is 14.1 Å². The zero-order valence-electron chi connectivity index (χ0n) is 13.3. The first-order valence-corrected chi connectivity index (χ1v) is 7.16. The molecule has 1 fully saturated rings. The maximum atomic E-state index is 14.1. The second kappa shape index (κ2) is 5.83. The topological polar surface area (TPSA) is 55.8 Å². The largest absolute Gasteiger partial charge is 0.481 e. The Balaban J connectivity index is 2.44. The van der Waals surface area contributed by atoms with E-state index in [0.717, 1.165) is 0 Å². The number of rotatable bonds is 4. The van der Waals surface area contributed by atoms with Crippen molar-refractivity contribution in [1.82, 2.24) is 0 Å². The third kappa shape index (κ3) is 3.38. The molecule has 1 aliphatic rings. The molecule has 0 radical (unpaired) electrons. The van der Waals surface area contributed by atoms with Gasteiger partial charge in [0.15, 0.2) is 11.6 Å². The Kier molecular flexibility index (Phi) is 4.52. The van der Waals surface area contributed by atoms with Gasteiger partial charge in [0.05, 0.1) is 17.6 Å². The fourth-order valence-electron chi connectivity index (χ4n) is 2.42. The zero-order valence-corrected chi connectivity index (χ0v) is 13.3. The van der Waals surface area contributed by atoms with E-state index in [2.05, 4.69) is 0 Å². The normalized spacial score (nSPS) is 20.6. The van der Waals surface area contributed by atoms with E-state index in [-0.39, 0.29) is 5.56 Å². The first-order valence-electron chi connectivity index (χ1n) is 7.16. The lowest BCUT2D eigenvalue weighted by molar-refractivity contribution is -0.137. The van der Waals surface area contributed by atoms with Gasteiger partial charge in [-0.1, -0.05) is 0 Å². The Morgan fingerprint density at radius 2 is 1.57 bits per heavy atom. The molecule has 0 bridgehead atoms. The molecule has 4 nitrogen and oxygen atoms in total. The van der Waals surface area contributed by atoms with Crippen molar-refractivity contribution in [2.45, 2.75) is 51.1 Å². The highest BCUT2D eigenvalue weighted by Gasteiger charge is 2.54. The van der Waals surface area contributed by atoms with Crippen molar-refractivity contribution in [3.8, 4) is 0 Å². The van der Waals surface area contributed by atoms with Crippen molar-refractivity contribution in [2.75, 3.05) is 0 Å². The van der Waals surface area contributed by atoms with Crippen molar-refractivity contribution in [1.29, 1.82) is 0 Å². The quantitative estimate of drug-likeness (QED) is 0.680. The van der Waals surface area contributed by atoms with E-state index in [4.69, 9.17) is 14.4 Å². The summed E-state index contributed by atoms with van der Waals surface area (Å²) in [5, 5.41) is 9.08. The molecule has 1 unspecified atom stereocenters. The van der Waals surface area contributed by atoms with Crippen LogP contribution in [0.2, 0.25) is 0 Å². The highest BCUT2D eigenvalue weighted by atomic mass is 19.2. The lowest BCUT2D eigenvalue weighted by Crippen LogP contribution is -2.41. The molecule has 1 atom stereocenters. The Morgan fingerprint density at radius 1 is 1.09 bits per heavy atom. The summed E-state index contributed by atoms with van der Waals surface area (Å²) in [5.74, 6) is -5.97. The van der Waals surface area contributed by atoms with Crippen LogP contribution in [0, 0.1) is 17.5 Å².